The summed E-state index contributed by atoms with van der Waals surface area (Å²) >= 11 is 0. The fourth-order valence-electron chi connectivity index (χ4n) is 3.79. The summed E-state index contributed by atoms with van der Waals surface area (Å²) in [6, 6.07) is 3.63. The lowest BCUT2D eigenvalue weighted by Gasteiger charge is -2.34. The lowest BCUT2D eigenvalue weighted by atomic mass is 9.77. The molecule has 1 aliphatic heterocycles. The van der Waals surface area contributed by atoms with Crippen molar-refractivity contribution in [3.63, 3.8) is 0 Å². The van der Waals surface area contributed by atoms with E-state index in [4.69, 9.17) is 0 Å². The highest BCUT2D eigenvalue weighted by Crippen LogP contribution is 2.43. The molecular formula is C18H18N4O3. The van der Waals surface area contributed by atoms with Crippen LogP contribution in [0.1, 0.15) is 36.3 Å². The summed E-state index contributed by atoms with van der Waals surface area (Å²) < 4.78 is 2.53. The molecular weight excluding hydrogens is 320 g/mol. The van der Waals surface area contributed by atoms with Gasteiger partial charge in [-0.25, -0.2) is 4.79 Å². The fraction of sp³-hybridized carbons (Fsp3) is 0.333. The van der Waals surface area contributed by atoms with Crippen molar-refractivity contribution in [1.82, 2.24) is 14.1 Å². The first-order valence-electron chi connectivity index (χ1n) is 8.23. The average Bonchev–Trinajstić information content (AvgIpc) is 2.64. The van der Waals surface area contributed by atoms with Crippen molar-refractivity contribution < 1.29 is 4.79 Å². The SMILES string of the molecule is Cn1c2c(c(=O)n(C)c1=O)C(c1ccncc1)C1=C(CCCC1=O)N2. The van der Waals surface area contributed by atoms with Gasteiger partial charge in [-0.05, 0) is 30.5 Å². The lowest BCUT2D eigenvalue weighted by molar-refractivity contribution is -0.116. The normalized spacial score (nSPS) is 19.3. The maximum absolute atomic E-state index is 12.9. The van der Waals surface area contributed by atoms with Gasteiger partial charge in [-0.15, -0.1) is 0 Å². The number of carbonyl (C=O) groups is 1. The fourth-order valence-corrected chi connectivity index (χ4v) is 3.79. The number of nitrogens with zero attached hydrogens (tertiary/aromatic N) is 3. The molecule has 7 heteroatoms. The minimum absolute atomic E-state index is 0.0529. The molecule has 0 radical (unpaired) electrons. The van der Waals surface area contributed by atoms with Crippen LogP contribution < -0.4 is 16.6 Å². The predicted octanol–water partition coefficient (Wildman–Crippen LogP) is 1.04. The molecule has 1 aliphatic carbocycles. The molecule has 128 valence electrons. The number of hydrogen-bond donors (Lipinski definition) is 1. The number of Topliss-reactive ketones (excluding diaryl/α,β-unsaturated/α-hetero) is 1. The molecule has 1 atom stereocenters. The van der Waals surface area contributed by atoms with Crippen LogP contribution in [-0.2, 0) is 18.9 Å². The summed E-state index contributed by atoms with van der Waals surface area (Å²) in [5.74, 6) is 0.0491. The second-order valence-corrected chi connectivity index (χ2v) is 6.48. The average molecular weight is 338 g/mol. The van der Waals surface area contributed by atoms with E-state index in [1.54, 1.807) is 19.4 Å². The Balaban J connectivity index is 2.10. The Morgan fingerprint density at radius 3 is 2.52 bits per heavy atom. The Hall–Kier alpha value is -2.96. The zero-order chi connectivity index (χ0) is 17.7. The number of fused-ring (bicyclic) bond motifs is 1. The number of nitrogens with one attached hydrogen (secondary N) is 1. The number of rotatable bonds is 1. The topological polar surface area (TPSA) is 86.0 Å². The maximum Gasteiger partial charge on any atom is 0.332 e. The molecule has 1 N–H and O–H groups in total. The van der Waals surface area contributed by atoms with Gasteiger partial charge in [0.2, 0.25) is 0 Å². The second kappa shape index (κ2) is 5.54. The Morgan fingerprint density at radius 1 is 1.08 bits per heavy atom. The van der Waals surface area contributed by atoms with Crippen molar-refractivity contribution in [3.8, 4) is 0 Å². The van der Waals surface area contributed by atoms with E-state index in [2.05, 4.69) is 10.3 Å². The molecule has 2 aromatic heterocycles. The van der Waals surface area contributed by atoms with Crippen LogP contribution in [0.2, 0.25) is 0 Å². The Kier molecular flexibility index (Phi) is 3.45. The molecule has 0 fully saturated rings. The van der Waals surface area contributed by atoms with E-state index in [-0.39, 0.29) is 11.3 Å². The third-order valence-corrected chi connectivity index (χ3v) is 5.04. The van der Waals surface area contributed by atoms with Crippen LogP contribution in [0.4, 0.5) is 5.82 Å². The monoisotopic (exact) mass is 338 g/mol. The largest absolute Gasteiger partial charge is 0.344 e. The number of carbonyl (C=O) groups excluding carboxylic acids is 1. The van der Waals surface area contributed by atoms with E-state index in [0.717, 1.165) is 28.7 Å². The van der Waals surface area contributed by atoms with Crippen molar-refractivity contribution in [2.75, 3.05) is 5.32 Å². The molecule has 2 aliphatic rings. The standard InChI is InChI=1S/C18H18N4O3/c1-21-16-15(17(24)22(2)18(21)25)13(10-6-8-19-9-7-10)14-11(20-16)4-3-5-12(14)23/h6-9,13,20H,3-5H2,1-2H3. The molecule has 4 rings (SSSR count). The number of hydrogen-bond acceptors (Lipinski definition) is 5. The predicted molar refractivity (Wildman–Crippen MR) is 92.5 cm³/mol. The summed E-state index contributed by atoms with van der Waals surface area (Å²) in [5, 5.41) is 3.20. The van der Waals surface area contributed by atoms with Gasteiger partial charge in [0.05, 0.1) is 5.56 Å². The molecule has 25 heavy (non-hydrogen) atoms. The Labute approximate surface area is 143 Å². The number of allylic oxidation sites excluding steroid dienone is 2. The van der Waals surface area contributed by atoms with Crippen LogP contribution in [-0.4, -0.2) is 19.9 Å². The van der Waals surface area contributed by atoms with Crippen LogP contribution >= 0.6 is 0 Å². The molecule has 0 saturated heterocycles. The first-order chi connectivity index (χ1) is 12.0. The highest BCUT2D eigenvalue weighted by Gasteiger charge is 2.38. The molecule has 0 spiro atoms. The van der Waals surface area contributed by atoms with Gasteiger partial charge in [-0.1, -0.05) is 0 Å². The maximum atomic E-state index is 12.9. The van der Waals surface area contributed by atoms with Crippen molar-refractivity contribution in [3.05, 3.63) is 67.8 Å². The van der Waals surface area contributed by atoms with Gasteiger partial charge < -0.3 is 5.32 Å². The molecule has 0 amide bonds. The van der Waals surface area contributed by atoms with E-state index in [9.17, 15) is 14.4 Å². The first-order valence-corrected chi connectivity index (χ1v) is 8.23. The van der Waals surface area contributed by atoms with Gasteiger partial charge in [0.1, 0.15) is 5.82 Å². The van der Waals surface area contributed by atoms with Crippen LogP contribution in [0.25, 0.3) is 0 Å². The second-order valence-electron chi connectivity index (χ2n) is 6.48. The smallest absolute Gasteiger partial charge is 0.332 e. The third-order valence-electron chi connectivity index (χ3n) is 5.04. The summed E-state index contributed by atoms with van der Waals surface area (Å²) in [4.78, 5) is 41.9. The quantitative estimate of drug-likeness (QED) is 0.840. The van der Waals surface area contributed by atoms with E-state index < -0.39 is 11.6 Å². The van der Waals surface area contributed by atoms with Crippen molar-refractivity contribution >= 4 is 11.6 Å². The van der Waals surface area contributed by atoms with E-state index in [1.807, 2.05) is 12.1 Å². The van der Waals surface area contributed by atoms with Gasteiger partial charge in [0.25, 0.3) is 5.56 Å². The zero-order valence-electron chi connectivity index (χ0n) is 14.1. The summed E-state index contributed by atoms with van der Waals surface area (Å²) in [6.07, 6.45) is 5.27. The van der Waals surface area contributed by atoms with Crippen molar-refractivity contribution in [1.29, 1.82) is 0 Å². The van der Waals surface area contributed by atoms with Gasteiger partial charge in [-0.3, -0.25) is 23.7 Å². The number of pyridine rings is 1. The van der Waals surface area contributed by atoms with Gasteiger partial charge in [0.15, 0.2) is 5.78 Å². The number of anilines is 1. The third kappa shape index (κ3) is 2.19. The van der Waals surface area contributed by atoms with Gasteiger partial charge in [-0.2, -0.15) is 0 Å². The molecule has 2 aromatic rings. The van der Waals surface area contributed by atoms with Crippen LogP contribution in [0, 0.1) is 0 Å². The molecule has 0 bridgehead atoms. The number of ketones is 1. The summed E-state index contributed by atoms with van der Waals surface area (Å²) in [5.41, 5.74) is 1.95. The van der Waals surface area contributed by atoms with Crippen LogP contribution in [0.3, 0.4) is 0 Å². The minimum Gasteiger partial charge on any atom is -0.344 e. The molecule has 0 saturated carbocycles. The summed E-state index contributed by atoms with van der Waals surface area (Å²) in [6.45, 7) is 0. The molecule has 1 unspecified atom stereocenters. The van der Waals surface area contributed by atoms with E-state index in [1.165, 1.54) is 11.6 Å². The van der Waals surface area contributed by atoms with Gasteiger partial charge >= 0.3 is 5.69 Å². The Bertz CT molecular complexity index is 1030. The molecule has 7 nitrogen and oxygen atoms in total. The highest BCUT2D eigenvalue weighted by atomic mass is 16.2. The minimum atomic E-state index is -0.479. The highest BCUT2D eigenvalue weighted by molar-refractivity contribution is 6.00. The first kappa shape index (κ1) is 15.6. The lowest BCUT2D eigenvalue weighted by Crippen LogP contribution is -2.44. The zero-order valence-corrected chi connectivity index (χ0v) is 14.1. The van der Waals surface area contributed by atoms with E-state index in [0.29, 0.717) is 23.4 Å². The molecule has 3 heterocycles. The number of aromatic nitrogens is 3. The summed E-state index contributed by atoms with van der Waals surface area (Å²) in [7, 11) is 3.09. The van der Waals surface area contributed by atoms with Gasteiger partial charge in [0, 0.05) is 50.1 Å². The van der Waals surface area contributed by atoms with Crippen LogP contribution in [0.15, 0.2) is 45.4 Å². The van der Waals surface area contributed by atoms with E-state index >= 15 is 0 Å². The molecule has 0 aromatic carbocycles. The van der Waals surface area contributed by atoms with Crippen LogP contribution in [0.5, 0.6) is 0 Å². The Morgan fingerprint density at radius 2 is 1.80 bits per heavy atom. The van der Waals surface area contributed by atoms with Crippen molar-refractivity contribution in [2.24, 2.45) is 14.1 Å². The van der Waals surface area contributed by atoms with Crippen molar-refractivity contribution in [2.45, 2.75) is 25.2 Å².